The van der Waals surface area contributed by atoms with Gasteiger partial charge < -0.3 is 4.42 Å². The van der Waals surface area contributed by atoms with E-state index in [4.69, 9.17) is 4.42 Å². The fourth-order valence-corrected chi connectivity index (χ4v) is 2.05. The van der Waals surface area contributed by atoms with Crippen molar-refractivity contribution in [2.75, 3.05) is 0 Å². The fraction of sp³-hybridized carbons (Fsp3) is 0.176. The standard InChI is InChI=1S/C17H18O/c1-12(2)10-13(3)17-14(4)11-16(18-17)15-8-6-5-7-9-15/h5-11H,1H2,2-4H3/b13-10-. The van der Waals surface area contributed by atoms with Gasteiger partial charge in [0.25, 0.3) is 0 Å². The average molecular weight is 238 g/mol. The second-order valence-electron chi connectivity index (χ2n) is 4.66. The summed E-state index contributed by atoms with van der Waals surface area (Å²) in [4.78, 5) is 0. The summed E-state index contributed by atoms with van der Waals surface area (Å²) in [5.74, 6) is 1.86. The highest BCUT2D eigenvalue weighted by atomic mass is 16.3. The zero-order valence-electron chi connectivity index (χ0n) is 11.2. The van der Waals surface area contributed by atoms with E-state index in [0.29, 0.717) is 0 Å². The van der Waals surface area contributed by atoms with Crippen LogP contribution in [0.5, 0.6) is 0 Å². The molecule has 0 saturated heterocycles. The second kappa shape index (κ2) is 5.09. The summed E-state index contributed by atoms with van der Waals surface area (Å²) in [5, 5.41) is 0. The van der Waals surface area contributed by atoms with E-state index in [1.165, 1.54) is 0 Å². The van der Waals surface area contributed by atoms with Crippen LogP contribution < -0.4 is 0 Å². The Morgan fingerprint density at radius 1 is 1.17 bits per heavy atom. The van der Waals surface area contributed by atoms with Crippen LogP contribution in [-0.2, 0) is 0 Å². The third kappa shape index (κ3) is 2.62. The normalized spacial score (nSPS) is 11.6. The Bertz CT molecular complexity index is 585. The van der Waals surface area contributed by atoms with Gasteiger partial charge in [0, 0.05) is 5.56 Å². The summed E-state index contributed by atoms with van der Waals surface area (Å²) in [6.45, 7) is 10.0. The van der Waals surface area contributed by atoms with E-state index in [2.05, 4.69) is 38.6 Å². The molecule has 0 saturated carbocycles. The van der Waals surface area contributed by atoms with Crippen LogP contribution >= 0.6 is 0 Å². The largest absolute Gasteiger partial charge is 0.456 e. The molecule has 1 heteroatoms. The van der Waals surface area contributed by atoms with Gasteiger partial charge in [-0.3, -0.25) is 0 Å². The zero-order valence-corrected chi connectivity index (χ0v) is 11.2. The topological polar surface area (TPSA) is 13.1 Å². The van der Waals surface area contributed by atoms with E-state index in [0.717, 1.165) is 33.8 Å². The summed E-state index contributed by atoms with van der Waals surface area (Å²) in [6, 6.07) is 12.2. The lowest BCUT2D eigenvalue weighted by molar-refractivity contribution is 0.565. The van der Waals surface area contributed by atoms with Gasteiger partial charge in [-0.1, -0.05) is 48.6 Å². The van der Waals surface area contributed by atoms with Crippen molar-refractivity contribution < 1.29 is 4.42 Å². The minimum Gasteiger partial charge on any atom is -0.456 e. The number of hydrogen-bond acceptors (Lipinski definition) is 1. The molecule has 1 aromatic carbocycles. The Hall–Kier alpha value is -2.02. The van der Waals surface area contributed by atoms with Gasteiger partial charge in [0.15, 0.2) is 0 Å². The number of hydrogen-bond donors (Lipinski definition) is 0. The van der Waals surface area contributed by atoms with Crippen molar-refractivity contribution in [1.29, 1.82) is 0 Å². The first kappa shape index (κ1) is 12.4. The molecule has 0 aliphatic carbocycles. The molecule has 0 N–H and O–H groups in total. The molecule has 0 fully saturated rings. The first-order chi connectivity index (χ1) is 8.58. The fourth-order valence-electron chi connectivity index (χ4n) is 2.05. The molecule has 0 spiro atoms. The Morgan fingerprint density at radius 2 is 1.83 bits per heavy atom. The molecule has 0 unspecified atom stereocenters. The Balaban J connectivity index is 2.42. The molecule has 92 valence electrons. The first-order valence-corrected chi connectivity index (χ1v) is 6.08. The number of aryl methyl sites for hydroxylation is 1. The van der Waals surface area contributed by atoms with Gasteiger partial charge >= 0.3 is 0 Å². The maximum atomic E-state index is 5.95. The van der Waals surface area contributed by atoms with Crippen molar-refractivity contribution in [2.45, 2.75) is 20.8 Å². The highest BCUT2D eigenvalue weighted by Gasteiger charge is 2.10. The molecule has 0 radical (unpaired) electrons. The van der Waals surface area contributed by atoms with Crippen LogP contribution in [0, 0.1) is 6.92 Å². The van der Waals surface area contributed by atoms with E-state index in [1.807, 2.05) is 31.2 Å². The van der Waals surface area contributed by atoms with Crippen molar-refractivity contribution in [1.82, 2.24) is 0 Å². The molecule has 0 amide bonds. The summed E-state index contributed by atoms with van der Waals surface area (Å²) in [5.41, 5.74) is 4.41. The molecule has 0 bridgehead atoms. The van der Waals surface area contributed by atoms with Crippen molar-refractivity contribution >= 4 is 5.57 Å². The SMILES string of the molecule is C=C(C)/C=C(/C)c1oc(-c2ccccc2)cc1C. The summed E-state index contributed by atoms with van der Waals surface area (Å²) >= 11 is 0. The van der Waals surface area contributed by atoms with Crippen molar-refractivity contribution in [3.8, 4) is 11.3 Å². The lowest BCUT2D eigenvalue weighted by atomic mass is 10.1. The number of allylic oxidation sites excluding steroid dienone is 3. The smallest absolute Gasteiger partial charge is 0.135 e. The van der Waals surface area contributed by atoms with E-state index in [9.17, 15) is 0 Å². The van der Waals surface area contributed by atoms with E-state index in [1.54, 1.807) is 0 Å². The van der Waals surface area contributed by atoms with E-state index >= 15 is 0 Å². The lowest BCUT2D eigenvalue weighted by Gasteiger charge is -1.99. The van der Waals surface area contributed by atoms with Crippen LogP contribution in [0.4, 0.5) is 0 Å². The van der Waals surface area contributed by atoms with Gasteiger partial charge in [0.05, 0.1) is 0 Å². The number of benzene rings is 1. The van der Waals surface area contributed by atoms with Crippen molar-refractivity contribution in [2.24, 2.45) is 0 Å². The third-order valence-electron chi connectivity index (χ3n) is 2.80. The molecule has 0 aliphatic rings. The molecule has 0 atom stereocenters. The van der Waals surface area contributed by atoms with Crippen LogP contribution in [0.2, 0.25) is 0 Å². The summed E-state index contributed by atoms with van der Waals surface area (Å²) < 4.78 is 5.95. The Labute approximate surface area is 108 Å². The lowest BCUT2D eigenvalue weighted by Crippen LogP contribution is -1.79. The summed E-state index contributed by atoms with van der Waals surface area (Å²) in [7, 11) is 0. The Kier molecular flexibility index (Phi) is 3.52. The van der Waals surface area contributed by atoms with Crippen LogP contribution in [0.1, 0.15) is 25.2 Å². The number of rotatable bonds is 3. The van der Waals surface area contributed by atoms with E-state index < -0.39 is 0 Å². The van der Waals surface area contributed by atoms with Crippen molar-refractivity contribution in [3.63, 3.8) is 0 Å². The van der Waals surface area contributed by atoms with Crippen LogP contribution in [-0.4, -0.2) is 0 Å². The minimum atomic E-state index is 0.914. The Morgan fingerprint density at radius 3 is 2.44 bits per heavy atom. The number of furan rings is 1. The molecule has 0 aliphatic heterocycles. The van der Waals surface area contributed by atoms with Gasteiger partial charge in [0.2, 0.25) is 0 Å². The highest BCUT2D eigenvalue weighted by molar-refractivity contribution is 5.69. The van der Waals surface area contributed by atoms with Crippen molar-refractivity contribution in [3.05, 3.63) is 65.9 Å². The predicted molar refractivity (Wildman–Crippen MR) is 77.3 cm³/mol. The molecular weight excluding hydrogens is 220 g/mol. The summed E-state index contributed by atoms with van der Waals surface area (Å²) in [6.07, 6.45) is 2.04. The van der Waals surface area contributed by atoms with Crippen LogP contribution in [0.3, 0.4) is 0 Å². The molecular formula is C17H18O. The monoisotopic (exact) mass is 238 g/mol. The molecule has 2 aromatic rings. The van der Waals surface area contributed by atoms with E-state index in [-0.39, 0.29) is 0 Å². The molecule has 1 aromatic heterocycles. The zero-order chi connectivity index (χ0) is 13.1. The average Bonchev–Trinajstić information content (AvgIpc) is 2.72. The quantitative estimate of drug-likeness (QED) is 0.667. The van der Waals surface area contributed by atoms with Gasteiger partial charge in [-0.05, 0) is 38.0 Å². The predicted octanol–water partition coefficient (Wildman–Crippen LogP) is 5.23. The molecule has 18 heavy (non-hydrogen) atoms. The molecule has 2 rings (SSSR count). The molecule has 1 nitrogen and oxygen atoms in total. The van der Waals surface area contributed by atoms with Crippen LogP contribution in [0.25, 0.3) is 16.9 Å². The highest BCUT2D eigenvalue weighted by Crippen LogP contribution is 2.29. The molecule has 1 heterocycles. The van der Waals surface area contributed by atoms with Gasteiger partial charge in [-0.2, -0.15) is 0 Å². The van der Waals surface area contributed by atoms with Gasteiger partial charge in [0.1, 0.15) is 11.5 Å². The minimum absolute atomic E-state index is 0.914. The van der Waals surface area contributed by atoms with Gasteiger partial charge in [-0.15, -0.1) is 0 Å². The maximum Gasteiger partial charge on any atom is 0.135 e. The first-order valence-electron chi connectivity index (χ1n) is 6.08. The maximum absolute atomic E-state index is 5.95. The second-order valence-corrected chi connectivity index (χ2v) is 4.66. The third-order valence-corrected chi connectivity index (χ3v) is 2.80. The van der Waals surface area contributed by atoms with Crippen LogP contribution in [0.15, 0.2) is 59.0 Å². The van der Waals surface area contributed by atoms with Gasteiger partial charge in [-0.25, -0.2) is 0 Å².